The van der Waals surface area contributed by atoms with E-state index in [0.717, 1.165) is 33.2 Å². The summed E-state index contributed by atoms with van der Waals surface area (Å²) in [6, 6.07) is 11.1. The third kappa shape index (κ3) is 2.98. The number of hydrogen-bond acceptors (Lipinski definition) is 5. The van der Waals surface area contributed by atoms with Crippen LogP contribution in [0.5, 0.6) is 5.75 Å². The third-order valence-corrected chi connectivity index (χ3v) is 4.87. The number of fused-ring (bicyclic) bond motifs is 2. The number of hydrogen-bond donors (Lipinski definition) is 1. The van der Waals surface area contributed by atoms with Crippen LogP contribution in [0.2, 0.25) is 0 Å². The second kappa shape index (κ2) is 6.25. The Labute approximate surface area is 147 Å². The van der Waals surface area contributed by atoms with Gasteiger partial charge in [0.25, 0.3) is 5.56 Å². The predicted octanol–water partition coefficient (Wildman–Crippen LogP) is 3.18. The molecule has 0 unspecified atom stereocenters. The maximum atomic E-state index is 12.3. The maximum Gasteiger partial charge on any atom is 0.258 e. The number of thioether (sulfide) groups is 1. The van der Waals surface area contributed by atoms with E-state index in [1.807, 2.05) is 37.3 Å². The molecule has 1 N–H and O–H groups in total. The molecule has 4 rings (SSSR count). The first kappa shape index (κ1) is 15.7. The Bertz CT molecular complexity index is 1130. The van der Waals surface area contributed by atoms with E-state index in [1.54, 1.807) is 23.8 Å². The van der Waals surface area contributed by atoms with Crippen molar-refractivity contribution in [2.24, 2.45) is 0 Å². The topological polar surface area (TPSA) is 72.3 Å². The van der Waals surface area contributed by atoms with Crippen molar-refractivity contribution in [3.63, 3.8) is 0 Å². The highest BCUT2D eigenvalue weighted by Crippen LogP contribution is 2.25. The van der Waals surface area contributed by atoms with E-state index >= 15 is 0 Å². The molecule has 1 aromatic carbocycles. The molecule has 25 heavy (non-hydrogen) atoms. The molecule has 0 atom stereocenters. The zero-order valence-corrected chi connectivity index (χ0v) is 14.6. The molecule has 6 nitrogen and oxygen atoms in total. The molecule has 3 aromatic heterocycles. The summed E-state index contributed by atoms with van der Waals surface area (Å²) in [5.41, 5.74) is 4.14. The van der Waals surface area contributed by atoms with Gasteiger partial charge in [-0.25, -0.2) is 9.97 Å². The van der Waals surface area contributed by atoms with Crippen LogP contribution >= 0.6 is 11.8 Å². The molecule has 0 amide bonds. The second-order valence-corrected chi connectivity index (χ2v) is 6.65. The fraction of sp³-hybridized carbons (Fsp3) is 0.167. The highest BCUT2D eigenvalue weighted by Gasteiger charge is 2.08. The van der Waals surface area contributed by atoms with Crippen molar-refractivity contribution >= 4 is 28.4 Å². The van der Waals surface area contributed by atoms with E-state index in [1.165, 1.54) is 11.8 Å². The molecule has 0 bridgehead atoms. The lowest BCUT2D eigenvalue weighted by Gasteiger charge is -2.05. The van der Waals surface area contributed by atoms with E-state index in [9.17, 15) is 4.79 Å². The van der Waals surface area contributed by atoms with Gasteiger partial charge in [0, 0.05) is 24.1 Å². The highest BCUT2D eigenvalue weighted by atomic mass is 32.2. The number of pyridine rings is 1. The Kier molecular flexibility index (Phi) is 3.93. The lowest BCUT2D eigenvalue weighted by molar-refractivity contribution is 0.415. The van der Waals surface area contributed by atoms with Crippen LogP contribution in [0.1, 0.15) is 11.3 Å². The molecule has 126 valence electrons. The van der Waals surface area contributed by atoms with Crippen LogP contribution in [-0.4, -0.2) is 26.5 Å². The molecule has 0 saturated carbocycles. The minimum Gasteiger partial charge on any atom is -0.497 e. The Balaban J connectivity index is 1.62. The zero-order valence-electron chi connectivity index (χ0n) is 13.8. The van der Waals surface area contributed by atoms with Gasteiger partial charge in [0.15, 0.2) is 5.16 Å². The van der Waals surface area contributed by atoms with Gasteiger partial charge < -0.3 is 9.72 Å². The average molecular weight is 352 g/mol. The molecule has 0 aliphatic heterocycles. The number of nitrogens with zero attached hydrogens (tertiary/aromatic N) is 3. The molecule has 0 aliphatic carbocycles. The summed E-state index contributed by atoms with van der Waals surface area (Å²) in [4.78, 5) is 24.7. The maximum absolute atomic E-state index is 12.3. The molecule has 4 aromatic rings. The second-order valence-electron chi connectivity index (χ2n) is 5.68. The van der Waals surface area contributed by atoms with Crippen LogP contribution < -0.4 is 10.3 Å². The van der Waals surface area contributed by atoms with Gasteiger partial charge in [-0.15, -0.1) is 0 Å². The number of aryl methyl sites for hydroxylation is 1. The van der Waals surface area contributed by atoms with Gasteiger partial charge >= 0.3 is 0 Å². The van der Waals surface area contributed by atoms with Crippen LogP contribution in [0.3, 0.4) is 0 Å². The first-order chi connectivity index (χ1) is 12.1. The van der Waals surface area contributed by atoms with Crippen LogP contribution in [-0.2, 0) is 5.75 Å². The van der Waals surface area contributed by atoms with Gasteiger partial charge in [-0.3, -0.25) is 9.20 Å². The van der Waals surface area contributed by atoms with Crippen molar-refractivity contribution < 1.29 is 4.74 Å². The molecule has 0 aliphatic rings. The van der Waals surface area contributed by atoms with Gasteiger partial charge in [-0.05, 0) is 30.7 Å². The number of aromatic nitrogens is 4. The average Bonchev–Trinajstić information content (AvgIpc) is 3.03. The summed E-state index contributed by atoms with van der Waals surface area (Å²) >= 11 is 1.52. The van der Waals surface area contributed by atoms with Crippen molar-refractivity contribution in [3.05, 3.63) is 64.2 Å². The van der Waals surface area contributed by atoms with Crippen molar-refractivity contribution in [1.82, 2.24) is 19.4 Å². The number of benzene rings is 1. The smallest absolute Gasteiger partial charge is 0.258 e. The van der Waals surface area contributed by atoms with Gasteiger partial charge in [0.2, 0.25) is 0 Å². The normalized spacial score (nSPS) is 11.3. The fourth-order valence-corrected chi connectivity index (χ4v) is 3.46. The van der Waals surface area contributed by atoms with E-state index in [0.29, 0.717) is 11.4 Å². The van der Waals surface area contributed by atoms with Crippen molar-refractivity contribution in [2.45, 2.75) is 17.8 Å². The molecule has 0 radical (unpaired) electrons. The number of nitrogens with one attached hydrogen (secondary N) is 1. The lowest BCUT2D eigenvalue weighted by atomic mass is 10.3. The summed E-state index contributed by atoms with van der Waals surface area (Å²) in [7, 11) is 1.64. The van der Waals surface area contributed by atoms with E-state index in [-0.39, 0.29) is 5.56 Å². The fourth-order valence-electron chi connectivity index (χ4n) is 2.69. The SMILES string of the molecule is COc1ccc2nc(SCc3cc(=O)n4cccc(C)c4n3)[nH]c2c1. The van der Waals surface area contributed by atoms with Gasteiger partial charge in [-0.1, -0.05) is 17.8 Å². The molecule has 7 heteroatoms. The molecule has 0 saturated heterocycles. The largest absolute Gasteiger partial charge is 0.497 e. The minimum atomic E-state index is -0.0707. The summed E-state index contributed by atoms with van der Waals surface area (Å²) in [6.07, 6.45) is 1.74. The van der Waals surface area contributed by atoms with Gasteiger partial charge in [0.1, 0.15) is 11.4 Å². The van der Waals surface area contributed by atoms with Crippen LogP contribution in [0.4, 0.5) is 0 Å². The van der Waals surface area contributed by atoms with Crippen molar-refractivity contribution in [2.75, 3.05) is 7.11 Å². The van der Waals surface area contributed by atoms with Crippen LogP contribution in [0.15, 0.2) is 52.5 Å². The number of rotatable bonds is 4. The van der Waals surface area contributed by atoms with Gasteiger partial charge in [-0.2, -0.15) is 0 Å². The van der Waals surface area contributed by atoms with Crippen LogP contribution in [0.25, 0.3) is 16.7 Å². The summed E-state index contributed by atoms with van der Waals surface area (Å²) < 4.78 is 6.79. The number of aromatic amines is 1. The van der Waals surface area contributed by atoms with Crippen LogP contribution in [0, 0.1) is 6.92 Å². The van der Waals surface area contributed by atoms with Gasteiger partial charge in [0.05, 0.1) is 23.8 Å². The van der Waals surface area contributed by atoms with E-state index < -0.39 is 0 Å². The molecule has 0 spiro atoms. The Morgan fingerprint density at radius 2 is 2.12 bits per heavy atom. The number of ether oxygens (including phenoxy) is 1. The summed E-state index contributed by atoms with van der Waals surface area (Å²) in [5, 5.41) is 0.787. The number of H-pyrrole nitrogens is 1. The summed E-state index contributed by atoms with van der Waals surface area (Å²) in [5.74, 6) is 1.35. The molecular weight excluding hydrogens is 336 g/mol. The first-order valence-corrected chi connectivity index (χ1v) is 8.77. The summed E-state index contributed by atoms with van der Waals surface area (Å²) in [6.45, 7) is 1.95. The molecule has 0 fully saturated rings. The van der Waals surface area contributed by atoms with E-state index in [4.69, 9.17) is 4.74 Å². The zero-order chi connectivity index (χ0) is 17.4. The lowest BCUT2D eigenvalue weighted by Crippen LogP contribution is -2.15. The molecular formula is C18H16N4O2S. The number of methoxy groups -OCH3 is 1. The Morgan fingerprint density at radius 1 is 1.24 bits per heavy atom. The van der Waals surface area contributed by atoms with Crippen molar-refractivity contribution in [1.29, 1.82) is 0 Å². The quantitative estimate of drug-likeness (QED) is 0.571. The number of imidazole rings is 1. The standard InChI is InChI=1S/C18H16N4O2S/c1-11-4-3-7-22-16(23)8-12(19-17(11)22)10-25-18-20-14-6-5-13(24-2)9-15(14)21-18/h3-9H,10H2,1-2H3,(H,20,21). The Hall–Kier alpha value is -2.80. The highest BCUT2D eigenvalue weighted by molar-refractivity contribution is 7.98. The third-order valence-electron chi connectivity index (χ3n) is 3.96. The monoisotopic (exact) mass is 352 g/mol. The minimum absolute atomic E-state index is 0.0707. The first-order valence-electron chi connectivity index (χ1n) is 7.78. The molecule has 3 heterocycles. The predicted molar refractivity (Wildman–Crippen MR) is 98.4 cm³/mol. The Morgan fingerprint density at radius 3 is 2.96 bits per heavy atom. The van der Waals surface area contributed by atoms with E-state index in [2.05, 4.69) is 15.0 Å². The van der Waals surface area contributed by atoms with Crippen molar-refractivity contribution in [3.8, 4) is 5.75 Å².